The smallest absolute Gasteiger partial charge is 0.226 e. The zero-order chi connectivity index (χ0) is 23.2. The molecule has 33 heavy (non-hydrogen) atoms. The number of carbonyl (C=O) groups excluding carboxylic acids is 1. The van der Waals surface area contributed by atoms with Crippen LogP contribution in [0.15, 0.2) is 72.9 Å². The van der Waals surface area contributed by atoms with E-state index in [-0.39, 0.29) is 18.1 Å². The quantitative estimate of drug-likeness (QED) is 0.412. The van der Waals surface area contributed by atoms with Crippen LogP contribution in [0.4, 0.5) is 4.39 Å². The SMILES string of the molecule is Cc1cccc(Oc2c(CCC(=O)NCc3ccccn3)c(C)nn2-c2ccc(F)cc2)c1. The third kappa shape index (κ3) is 5.63. The van der Waals surface area contributed by atoms with Crippen molar-refractivity contribution in [3.05, 3.63) is 101 Å². The molecule has 0 unspecified atom stereocenters. The fraction of sp³-hybridized carbons (Fsp3) is 0.192. The first-order chi connectivity index (χ1) is 16.0. The van der Waals surface area contributed by atoms with Crippen LogP contribution in [-0.2, 0) is 17.8 Å². The second-order valence-electron chi connectivity index (χ2n) is 7.77. The molecule has 0 radical (unpaired) electrons. The molecule has 0 saturated heterocycles. The number of hydrogen-bond acceptors (Lipinski definition) is 4. The summed E-state index contributed by atoms with van der Waals surface area (Å²) >= 11 is 0. The van der Waals surface area contributed by atoms with Crippen LogP contribution in [0.25, 0.3) is 5.69 Å². The van der Waals surface area contributed by atoms with Gasteiger partial charge in [-0.1, -0.05) is 18.2 Å². The van der Waals surface area contributed by atoms with Crippen molar-refractivity contribution in [2.24, 2.45) is 0 Å². The molecule has 0 aliphatic heterocycles. The van der Waals surface area contributed by atoms with Crippen molar-refractivity contribution in [2.75, 3.05) is 0 Å². The molecule has 1 amide bonds. The summed E-state index contributed by atoms with van der Waals surface area (Å²) in [6, 6.07) is 19.4. The van der Waals surface area contributed by atoms with Crippen LogP contribution in [0.3, 0.4) is 0 Å². The number of ether oxygens (including phenoxy) is 1. The number of pyridine rings is 1. The second-order valence-corrected chi connectivity index (χ2v) is 7.77. The normalized spacial score (nSPS) is 10.8. The molecule has 0 fully saturated rings. The molecule has 0 aliphatic rings. The summed E-state index contributed by atoms with van der Waals surface area (Å²) < 4.78 is 21.4. The first-order valence-electron chi connectivity index (χ1n) is 10.7. The van der Waals surface area contributed by atoms with Gasteiger partial charge >= 0.3 is 0 Å². The van der Waals surface area contributed by atoms with Gasteiger partial charge in [0.15, 0.2) is 0 Å². The Kier molecular flexibility index (Phi) is 6.78. The summed E-state index contributed by atoms with van der Waals surface area (Å²) in [5.74, 6) is 0.769. The topological polar surface area (TPSA) is 69.0 Å². The summed E-state index contributed by atoms with van der Waals surface area (Å²) in [7, 11) is 0. The minimum Gasteiger partial charge on any atom is -0.439 e. The molecule has 6 nitrogen and oxygen atoms in total. The van der Waals surface area contributed by atoms with E-state index in [9.17, 15) is 9.18 Å². The first-order valence-corrected chi connectivity index (χ1v) is 10.7. The van der Waals surface area contributed by atoms with Gasteiger partial charge < -0.3 is 10.1 Å². The highest BCUT2D eigenvalue weighted by molar-refractivity contribution is 5.76. The van der Waals surface area contributed by atoms with Gasteiger partial charge in [-0.25, -0.2) is 9.07 Å². The van der Waals surface area contributed by atoms with Gasteiger partial charge in [-0.15, -0.1) is 0 Å². The molecule has 2 aromatic heterocycles. The summed E-state index contributed by atoms with van der Waals surface area (Å²) in [4.78, 5) is 16.7. The van der Waals surface area contributed by atoms with Gasteiger partial charge in [0.25, 0.3) is 0 Å². The minimum absolute atomic E-state index is 0.0870. The third-order valence-electron chi connectivity index (χ3n) is 5.21. The van der Waals surface area contributed by atoms with Crippen LogP contribution < -0.4 is 10.1 Å². The van der Waals surface area contributed by atoms with Crippen molar-refractivity contribution in [2.45, 2.75) is 33.2 Å². The zero-order valence-electron chi connectivity index (χ0n) is 18.6. The lowest BCUT2D eigenvalue weighted by Crippen LogP contribution is -2.23. The van der Waals surface area contributed by atoms with Crippen LogP contribution in [0.2, 0.25) is 0 Å². The maximum absolute atomic E-state index is 13.5. The molecule has 4 rings (SSSR count). The fourth-order valence-corrected chi connectivity index (χ4v) is 3.50. The van der Waals surface area contributed by atoms with Crippen molar-refractivity contribution in [1.82, 2.24) is 20.1 Å². The van der Waals surface area contributed by atoms with Crippen LogP contribution >= 0.6 is 0 Å². The number of benzene rings is 2. The van der Waals surface area contributed by atoms with Crippen LogP contribution in [0.5, 0.6) is 11.6 Å². The molecule has 168 valence electrons. The average Bonchev–Trinajstić information content (AvgIpc) is 3.12. The number of carbonyl (C=O) groups is 1. The maximum Gasteiger partial charge on any atom is 0.226 e. The fourth-order valence-electron chi connectivity index (χ4n) is 3.50. The standard InChI is InChI=1S/C26H25FN4O2/c1-18-6-5-8-23(16-18)33-26-24(13-14-25(32)29-17-21-7-3-4-15-28-21)19(2)30-31(26)22-11-9-20(27)10-12-22/h3-12,15-16H,13-14,17H2,1-2H3,(H,29,32). The Bertz CT molecular complexity index is 1240. The maximum atomic E-state index is 13.5. The Morgan fingerprint density at radius 2 is 1.88 bits per heavy atom. The van der Waals surface area contributed by atoms with E-state index in [2.05, 4.69) is 15.4 Å². The molecule has 0 aliphatic carbocycles. The van der Waals surface area contributed by atoms with Crippen LogP contribution in [0.1, 0.15) is 28.9 Å². The summed E-state index contributed by atoms with van der Waals surface area (Å²) in [5.41, 5.74) is 4.11. The minimum atomic E-state index is -0.325. The number of aromatic nitrogens is 3. The number of rotatable bonds is 8. The molecule has 0 bridgehead atoms. The number of amides is 1. The van der Waals surface area contributed by atoms with Crippen molar-refractivity contribution in [1.29, 1.82) is 0 Å². The van der Waals surface area contributed by atoms with E-state index in [0.717, 1.165) is 22.5 Å². The van der Waals surface area contributed by atoms with Gasteiger partial charge in [0, 0.05) is 18.2 Å². The molecule has 0 atom stereocenters. The predicted molar refractivity (Wildman–Crippen MR) is 124 cm³/mol. The lowest BCUT2D eigenvalue weighted by molar-refractivity contribution is -0.121. The summed E-state index contributed by atoms with van der Waals surface area (Å²) in [5, 5.41) is 7.53. The zero-order valence-corrected chi connectivity index (χ0v) is 18.6. The van der Waals surface area contributed by atoms with Gasteiger partial charge in [0.2, 0.25) is 11.8 Å². The van der Waals surface area contributed by atoms with E-state index in [4.69, 9.17) is 4.74 Å². The Labute approximate surface area is 192 Å². The van der Waals surface area contributed by atoms with E-state index >= 15 is 0 Å². The van der Waals surface area contributed by atoms with Gasteiger partial charge in [-0.3, -0.25) is 9.78 Å². The second kappa shape index (κ2) is 10.1. The Balaban J connectivity index is 1.56. The number of aryl methyl sites for hydroxylation is 2. The molecule has 0 spiro atoms. The Morgan fingerprint density at radius 3 is 2.61 bits per heavy atom. The number of hydrogen-bond donors (Lipinski definition) is 1. The molecule has 7 heteroatoms. The van der Waals surface area contributed by atoms with Gasteiger partial charge in [-0.05, 0) is 74.4 Å². The monoisotopic (exact) mass is 444 g/mol. The molecule has 4 aromatic rings. The van der Waals surface area contributed by atoms with Crippen LogP contribution in [0, 0.1) is 19.7 Å². The summed E-state index contributed by atoms with van der Waals surface area (Å²) in [6.45, 7) is 4.24. The van der Waals surface area contributed by atoms with Crippen LogP contribution in [-0.4, -0.2) is 20.7 Å². The van der Waals surface area contributed by atoms with Gasteiger partial charge in [0.1, 0.15) is 11.6 Å². The third-order valence-corrected chi connectivity index (χ3v) is 5.21. The molecular formula is C26H25FN4O2. The van der Waals surface area contributed by atoms with E-state index in [0.29, 0.717) is 30.3 Å². The number of halogens is 1. The molecule has 2 aromatic carbocycles. The number of nitrogens with zero attached hydrogens (tertiary/aromatic N) is 3. The van der Waals surface area contributed by atoms with Gasteiger partial charge in [-0.2, -0.15) is 5.10 Å². The Hall–Kier alpha value is -4.00. The van der Waals surface area contributed by atoms with E-state index in [1.165, 1.54) is 12.1 Å². The average molecular weight is 445 g/mol. The Morgan fingerprint density at radius 1 is 1.06 bits per heavy atom. The van der Waals surface area contributed by atoms with E-state index < -0.39 is 0 Å². The first kappa shape index (κ1) is 22.2. The molecule has 1 N–H and O–H groups in total. The van der Waals surface area contributed by atoms with Crippen molar-refractivity contribution < 1.29 is 13.9 Å². The van der Waals surface area contributed by atoms with E-state index in [1.54, 1.807) is 23.0 Å². The van der Waals surface area contributed by atoms with Crippen molar-refractivity contribution >= 4 is 5.91 Å². The highest BCUT2D eigenvalue weighted by atomic mass is 19.1. The van der Waals surface area contributed by atoms with E-state index in [1.807, 2.05) is 56.3 Å². The highest BCUT2D eigenvalue weighted by Crippen LogP contribution is 2.32. The predicted octanol–water partition coefficient (Wildman–Crippen LogP) is 5.06. The molecule has 0 saturated carbocycles. The lowest BCUT2D eigenvalue weighted by Gasteiger charge is -2.12. The van der Waals surface area contributed by atoms with Crippen molar-refractivity contribution in [3.8, 4) is 17.3 Å². The van der Waals surface area contributed by atoms with Gasteiger partial charge in [0.05, 0.1) is 23.6 Å². The largest absolute Gasteiger partial charge is 0.439 e. The summed E-state index contributed by atoms with van der Waals surface area (Å²) in [6.07, 6.45) is 2.42. The van der Waals surface area contributed by atoms with Crippen molar-refractivity contribution in [3.63, 3.8) is 0 Å². The molecule has 2 heterocycles. The molecular weight excluding hydrogens is 419 g/mol. The lowest BCUT2D eigenvalue weighted by atomic mass is 10.1. The highest BCUT2D eigenvalue weighted by Gasteiger charge is 2.20. The number of nitrogens with one attached hydrogen (secondary N) is 1.